The van der Waals surface area contributed by atoms with E-state index in [0.717, 1.165) is 32.1 Å². The van der Waals surface area contributed by atoms with E-state index in [-0.39, 0.29) is 23.6 Å². The van der Waals surface area contributed by atoms with Crippen LogP contribution in [0.4, 0.5) is 9.59 Å². The van der Waals surface area contributed by atoms with Crippen molar-refractivity contribution < 1.29 is 23.6 Å². The normalized spacial score (nSPS) is 22.5. The monoisotopic (exact) mass is 552 g/mol. The molecule has 2 amide bonds. The first kappa shape index (κ1) is 28.4. The van der Waals surface area contributed by atoms with Gasteiger partial charge in [0.2, 0.25) is 5.89 Å². The average Bonchev–Trinajstić information content (AvgIpc) is 3.79. The molecule has 218 valence electrons. The van der Waals surface area contributed by atoms with Gasteiger partial charge in [-0.25, -0.2) is 9.59 Å². The van der Waals surface area contributed by atoms with Gasteiger partial charge < -0.3 is 23.8 Å². The van der Waals surface area contributed by atoms with E-state index in [1.54, 1.807) is 4.90 Å². The lowest BCUT2D eigenvalue weighted by Gasteiger charge is -2.33. The van der Waals surface area contributed by atoms with E-state index in [9.17, 15) is 9.59 Å². The second kappa shape index (κ2) is 10.7. The number of aromatic nitrogens is 2. The first-order valence-electron chi connectivity index (χ1n) is 14.7. The third kappa shape index (κ3) is 6.96. The number of benzene rings is 1. The highest BCUT2D eigenvalue weighted by molar-refractivity contribution is 5.70. The summed E-state index contributed by atoms with van der Waals surface area (Å²) in [5.41, 5.74) is -0.0941. The molecule has 3 aliphatic rings. The Morgan fingerprint density at radius 2 is 1.68 bits per heavy atom. The Balaban J connectivity index is 1.21. The van der Waals surface area contributed by atoms with Crippen molar-refractivity contribution in [2.45, 2.75) is 109 Å². The van der Waals surface area contributed by atoms with Gasteiger partial charge in [-0.1, -0.05) is 35.5 Å². The summed E-state index contributed by atoms with van der Waals surface area (Å²) in [5, 5.41) is 4.39. The predicted octanol–water partition coefficient (Wildman–Crippen LogP) is 6.08. The summed E-state index contributed by atoms with van der Waals surface area (Å²) >= 11 is 0. The van der Waals surface area contributed by atoms with E-state index < -0.39 is 11.2 Å². The summed E-state index contributed by atoms with van der Waals surface area (Å²) in [6, 6.07) is 10.5. The molecule has 2 aliphatic carbocycles. The lowest BCUT2D eigenvalue weighted by atomic mass is 9.94. The zero-order valence-corrected chi connectivity index (χ0v) is 24.8. The van der Waals surface area contributed by atoms with Crippen LogP contribution in [-0.2, 0) is 21.3 Å². The Bertz CT molecular complexity index is 1190. The minimum absolute atomic E-state index is 0.108. The number of carbonyl (C=O) groups excluding carboxylic acids is 2. The van der Waals surface area contributed by atoms with Gasteiger partial charge in [-0.05, 0) is 85.1 Å². The molecule has 2 aromatic rings. The molecule has 0 N–H and O–H groups in total. The Hall–Kier alpha value is -3.10. The van der Waals surface area contributed by atoms with Crippen LogP contribution < -0.4 is 0 Å². The van der Waals surface area contributed by atoms with E-state index in [1.807, 2.05) is 64.6 Å². The van der Waals surface area contributed by atoms with E-state index in [4.69, 9.17) is 19.0 Å². The minimum atomic E-state index is -0.568. The van der Waals surface area contributed by atoms with Crippen LogP contribution in [0.3, 0.4) is 0 Å². The third-order valence-corrected chi connectivity index (χ3v) is 8.01. The molecule has 1 aromatic carbocycles. The van der Waals surface area contributed by atoms with Crippen molar-refractivity contribution in [3.63, 3.8) is 0 Å². The highest BCUT2D eigenvalue weighted by atomic mass is 16.6. The van der Waals surface area contributed by atoms with Gasteiger partial charge in [-0.3, -0.25) is 0 Å². The molecule has 9 nitrogen and oxygen atoms in total. The standard InChI is InChI=1S/C31H44N4O5/c1-29(2,3)38-27(36)34-16-12-21(13-17-34)18-25-32-26(33-40-25)31(14-15-31)20-35(28(37)39-30(4,5)6)24-19-23(24)22-10-8-7-9-11-22/h7-11,21,23-24H,12-20H2,1-6H3/t23?,24-/m0/s1. The highest BCUT2D eigenvalue weighted by Crippen LogP contribution is 2.52. The van der Waals surface area contributed by atoms with Crippen molar-refractivity contribution in [2.24, 2.45) is 5.92 Å². The second-order valence-electron chi connectivity index (χ2n) is 13.8. The molecule has 0 spiro atoms. The minimum Gasteiger partial charge on any atom is -0.444 e. The van der Waals surface area contributed by atoms with E-state index in [1.165, 1.54) is 5.56 Å². The summed E-state index contributed by atoms with van der Waals surface area (Å²) in [7, 11) is 0. The largest absolute Gasteiger partial charge is 0.444 e. The van der Waals surface area contributed by atoms with Crippen LogP contribution in [0.1, 0.15) is 96.8 Å². The number of amides is 2. The molecule has 0 radical (unpaired) electrons. The van der Waals surface area contributed by atoms with Gasteiger partial charge >= 0.3 is 12.2 Å². The highest BCUT2D eigenvalue weighted by Gasteiger charge is 2.55. The summed E-state index contributed by atoms with van der Waals surface area (Å²) in [5.74, 6) is 2.02. The lowest BCUT2D eigenvalue weighted by molar-refractivity contribution is 0.0178. The zero-order chi connectivity index (χ0) is 28.7. The molecule has 2 heterocycles. The molecule has 1 aliphatic heterocycles. The molecule has 1 aromatic heterocycles. The van der Waals surface area contributed by atoms with E-state index in [0.29, 0.717) is 49.6 Å². The Kier molecular flexibility index (Phi) is 7.61. The van der Waals surface area contributed by atoms with Gasteiger partial charge in [0.05, 0.1) is 5.41 Å². The molecule has 1 unspecified atom stereocenters. The number of hydrogen-bond donors (Lipinski definition) is 0. The van der Waals surface area contributed by atoms with Crippen LogP contribution in [-0.4, -0.2) is 69.0 Å². The zero-order valence-electron chi connectivity index (χ0n) is 24.8. The molecular formula is C31H44N4O5. The maximum atomic E-state index is 13.4. The Morgan fingerprint density at radius 3 is 2.27 bits per heavy atom. The number of rotatable bonds is 7. The molecular weight excluding hydrogens is 508 g/mol. The molecule has 2 atom stereocenters. The van der Waals surface area contributed by atoms with Crippen molar-refractivity contribution in [2.75, 3.05) is 19.6 Å². The van der Waals surface area contributed by atoms with Crippen LogP contribution in [0.25, 0.3) is 0 Å². The SMILES string of the molecule is CC(C)(C)OC(=O)N1CCC(Cc2nc(C3(CN(C(=O)OC(C)(C)C)[C@H]4CC4c4ccccc4)CC3)no2)CC1. The van der Waals surface area contributed by atoms with Gasteiger partial charge in [0.15, 0.2) is 5.82 Å². The quantitative estimate of drug-likeness (QED) is 0.410. The first-order chi connectivity index (χ1) is 18.8. The topological polar surface area (TPSA) is 98.0 Å². The third-order valence-electron chi connectivity index (χ3n) is 8.01. The fraction of sp³-hybridized carbons (Fsp3) is 0.677. The van der Waals surface area contributed by atoms with Crippen molar-refractivity contribution in [3.8, 4) is 0 Å². The first-order valence-corrected chi connectivity index (χ1v) is 14.7. The van der Waals surface area contributed by atoms with Crippen molar-refractivity contribution in [1.29, 1.82) is 0 Å². The molecule has 9 heteroatoms. The molecule has 40 heavy (non-hydrogen) atoms. The van der Waals surface area contributed by atoms with Crippen molar-refractivity contribution in [3.05, 3.63) is 47.6 Å². The van der Waals surface area contributed by atoms with Gasteiger partial charge in [-0.2, -0.15) is 4.98 Å². The predicted molar refractivity (Wildman–Crippen MR) is 150 cm³/mol. The summed E-state index contributed by atoms with van der Waals surface area (Å²) in [6.45, 7) is 13.2. The fourth-order valence-electron chi connectivity index (χ4n) is 5.60. The molecule has 2 saturated carbocycles. The number of carbonyl (C=O) groups is 2. The molecule has 5 rings (SSSR count). The molecule has 0 bridgehead atoms. The fourth-order valence-corrected chi connectivity index (χ4v) is 5.60. The van der Waals surface area contributed by atoms with Crippen LogP contribution in [0.15, 0.2) is 34.9 Å². The van der Waals surface area contributed by atoms with Gasteiger partial charge in [0.25, 0.3) is 0 Å². The van der Waals surface area contributed by atoms with Crippen LogP contribution in [0.5, 0.6) is 0 Å². The number of ether oxygens (including phenoxy) is 2. The second-order valence-corrected chi connectivity index (χ2v) is 13.8. The van der Waals surface area contributed by atoms with E-state index >= 15 is 0 Å². The smallest absolute Gasteiger partial charge is 0.410 e. The van der Waals surface area contributed by atoms with Gasteiger partial charge in [0.1, 0.15) is 11.2 Å². The van der Waals surface area contributed by atoms with E-state index in [2.05, 4.69) is 17.3 Å². The number of piperidine rings is 1. The van der Waals surface area contributed by atoms with Crippen molar-refractivity contribution >= 4 is 12.2 Å². The average molecular weight is 553 g/mol. The maximum absolute atomic E-state index is 13.4. The lowest BCUT2D eigenvalue weighted by Crippen LogP contribution is -2.43. The molecule has 1 saturated heterocycles. The van der Waals surface area contributed by atoms with Crippen LogP contribution in [0, 0.1) is 5.92 Å². The number of hydrogen-bond acceptors (Lipinski definition) is 7. The van der Waals surface area contributed by atoms with Gasteiger partial charge in [0, 0.05) is 38.0 Å². The van der Waals surface area contributed by atoms with Crippen LogP contribution in [0.2, 0.25) is 0 Å². The van der Waals surface area contributed by atoms with Crippen molar-refractivity contribution in [1.82, 2.24) is 19.9 Å². The summed E-state index contributed by atoms with van der Waals surface area (Å²) in [6.07, 6.45) is 4.68. The molecule has 3 fully saturated rings. The summed E-state index contributed by atoms with van der Waals surface area (Å²) < 4.78 is 17.1. The van der Waals surface area contributed by atoms with Gasteiger partial charge in [-0.15, -0.1) is 0 Å². The Morgan fingerprint density at radius 1 is 1.02 bits per heavy atom. The van der Waals surface area contributed by atoms with Crippen LogP contribution >= 0.6 is 0 Å². The Labute approximate surface area is 237 Å². The maximum Gasteiger partial charge on any atom is 0.410 e. The summed E-state index contributed by atoms with van der Waals surface area (Å²) in [4.78, 5) is 34.3. The number of likely N-dealkylation sites (tertiary alicyclic amines) is 1. The number of nitrogens with zero attached hydrogens (tertiary/aromatic N) is 4.